The molecule has 0 spiro atoms. The number of carbonyl (C=O) groups is 1. The fourth-order valence-corrected chi connectivity index (χ4v) is 1.22. The second kappa shape index (κ2) is 6.55. The van der Waals surface area contributed by atoms with Crippen LogP contribution in [-0.2, 0) is 4.84 Å². The molecule has 9 heteroatoms. The van der Waals surface area contributed by atoms with Crippen molar-refractivity contribution in [3.63, 3.8) is 0 Å². The molecule has 6 nitrogen and oxygen atoms in total. The number of aromatic nitrogens is 1. The summed E-state index contributed by atoms with van der Waals surface area (Å²) in [4.78, 5) is 19.2. The van der Waals surface area contributed by atoms with E-state index in [-0.39, 0.29) is 17.1 Å². The third-order valence-electron chi connectivity index (χ3n) is 1.85. The molecule has 0 amide bonds. The van der Waals surface area contributed by atoms with Crippen LogP contribution in [0, 0.1) is 0 Å². The molecule has 100 valence electrons. The lowest BCUT2D eigenvalue weighted by molar-refractivity contribution is -1.19. The van der Waals surface area contributed by atoms with Gasteiger partial charge in [-0.25, -0.2) is 13.8 Å². The normalized spacial score (nSPS) is 12.6. The maximum atomic E-state index is 12.0. The molecule has 18 heavy (non-hydrogen) atoms. The van der Waals surface area contributed by atoms with Gasteiger partial charge in [0.25, 0.3) is 11.7 Å². The van der Waals surface area contributed by atoms with Crippen LogP contribution in [0.4, 0.5) is 14.5 Å². The molecule has 1 unspecified atom stereocenters. The summed E-state index contributed by atoms with van der Waals surface area (Å²) >= 11 is 5.27. The summed E-state index contributed by atoms with van der Waals surface area (Å²) in [5.74, 6) is -0.331. The highest BCUT2D eigenvalue weighted by atomic mass is 35.5. The minimum Gasteiger partial charge on any atom is -0.471 e. The maximum Gasteiger partial charge on any atom is 0.272 e. The zero-order valence-electron chi connectivity index (χ0n) is 9.19. The Morgan fingerprint density at radius 2 is 2.33 bits per heavy atom. The zero-order valence-corrected chi connectivity index (χ0v) is 9.95. The van der Waals surface area contributed by atoms with Crippen LogP contribution in [0.3, 0.4) is 0 Å². The van der Waals surface area contributed by atoms with E-state index in [0.29, 0.717) is 0 Å². The van der Waals surface area contributed by atoms with Crippen molar-refractivity contribution in [2.24, 2.45) is 0 Å². The van der Waals surface area contributed by atoms with Gasteiger partial charge in [-0.1, -0.05) is 0 Å². The zero-order chi connectivity index (χ0) is 13.7. The SMILES string of the molecule is CO[NH+](O)c1cnc(OCC(F)F)c(C(=O)Cl)c1. The lowest BCUT2D eigenvalue weighted by Gasteiger charge is -2.09. The van der Waals surface area contributed by atoms with Crippen LogP contribution >= 0.6 is 11.6 Å². The van der Waals surface area contributed by atoms with Gasteiger partial charge in [-0.2, -0.15) is 10.0 Å². The van der Waals surface area contributed by atoms with Crippen molar-refractivity contribution >= 4 is 22.5 Å². The van der Waals surface area contributed by atoms with E-state index in [4.69, 9.17) is 11.6 Å². The highest BCUT2D eigenvalue weighted by Crippen LogP contribution is 2.20. The molecule has 0 saturated carbocycles. The monoisotopic (exact) mass is 283 g/mol. The molecule has 0 radical (unpaired) electrons. The van der Waals surface area contributed by atoms with Gasteiger partial charge in [-0.3, -0.25) is 4.79 Å². The molecule has 0 aliphatic carbocycles. The number of nitrogens with zero attached hydrogens (tertiary/aromatic N) is 1. The predicted octanol–water partition coefficient (Wildman–Crippen LogP) is 0.572. The molecule has 0 saturated heterocycles. The van der Waals surface area contributed by atoms with E-state index in [1.54, 1.807) is 0 Å². The average Bonchev–Trinajstić information content (AvgIpc) is 2.34. The van der Waals surface area contributed by atoms with Crippen molar-refractivity contribution in [2.45, 2.75) is 6.43 Å². The van der Waals surface area contributed by atoms with E-state index in [0.717, 1.165) is 12.3 Å². The lowest BCUT2D eigenvalue weighted by Crippen LogP contribution is -3.03. The van der Waals surface area contributed by atoms with Crippen molar-refractivity contribution in [2.75, 3.05) is 13.7 Å². The molecule has 1 aromatic rings. The van der Waals surface area contributed by atoms with Gasteiger partial charge < -0.3 is 4.74 Å². The Kier molecular flexibility index (Phi) is 5.35. The van der Waals surface area contributed by atoms with Crippen LogP contribution < -0.4 is 9.96 Å². The third kappa shape index (κ3) is 3.84. The van der Waals surface area contributed by atoms with Crippen LogP contribution in [0.1, 0.15) is 10.4 Å². The van der Waals surface area contributed by atoms with E-state index in [9.17, 15) is 18.8 Å². The number of pyridine rings is 1. The minimum atomic E-state index is -2.70. The first-order chi connectivity index (χ1) is 8.45. The number of hydrogen-bond acceptors (Lipinski definition) is 5. The van der Waals surface area contributed by atoms with Crippen molar-refractivity contribution in [3.8, 4) is 5.88 Å². The van der Waals surface area contributed by atoms with E-state index >= 15 is 0 Å². The smallest absolute Gasteiger partial charge is 0.272 e. The van der Waals surface area contributed by atoms with Gasteiger partial charge in [-0.05, 0) is 16.8 Å². The maximum absolute atomic E-state index is 12.0. The second-order valence-electron chi connectivity index (χ2n) is 3.06. The number of alkyl halides is 2. The van der Waals surface area contributed by atoms with Crippen molar-refractivity contribution < 1.29 is 33.6 Å². The first-order valence-electron chi connectivity index (χ1n) is 4.66. The van der Waals surface area contributed by atoms with Crippen LogP contribution in [0.5, 0.6) is 5.88 Å². The van der Waals surface area contributed by atoms with E-state index in [2.05, 4.69) is 14.6 Å². The number of halogens is 3. The molecular formula is C9H10ClF2N2O4+. The first kappa shape index (κ1) is 14.7. The highest BCUT2D eigenvalue weighted by molar-refractivity contribution is 6.68. The van der Waals surface area contributed by atoms with Crippen LogP contribution in [0.2, 0.25) is 0 Å². The number of carbonyl (C=O) groups excluding carboxylic acids is 1. The van der Waals surface area contributed by atoms with E-state index < -0.39 is 23.5 Å². The largest absolute Gasteiger partial charge is 0.471 e. The van der Waals surface area contributed by atoms with Gasteiger partial charge >= 0.3 is 0 Å². The number of nitrogens with one attached hydrogen (secondary N) is 1. The molecule has 0 bridgehead atoms. The lowest BCUT2D eigenvalue weighted by atomic mass is 10.2. The molecular weight excluding hydrogens is 274 g/mol. The number of rotatable bonds is 6. The summed E-state index contributed by atoms with van der Waals surface area (Å²) in [7, 11) is 1.21. The molecule has 1 atom stereocenters. The second-order valence-corrected chi connectivity index (χ2v) is 3.41. The fourth-order valence-electron chi connectivity index (χ4n) is 1.08. The van der Waals surface area contributed by atoms with Gasteiger partial charge in [0.2, 0.25) is 11.6 Å². The average molecular weight is 284 g/mol. The molecule has 0 aromatic carbocycles. The number of quaternary nitrogens is 1. The molecule has 1 aromatic heterocycles. The summed E-state index contributed by atoms with van der Waals surface area (Å²) in [5.41, 5.74) is -0.163. The Morgan fingerprint density at radius 3 is 2.83 bits per heavy atom. The molecule has 2 N–H and O–H groups in total. The number of hydrogen-bond donors (Lipinski definition) is 2. The highest BCUT2D eigenvalue weighted by Gasteiger charge is 2.19. The van der Waals surface area contributed by atoms with Gasteiger partial charge in [0.15, 0.2) is 6.61 Å². The number of ether oxygens (including phenoxy) is 1. The molecule has 0 fully saturated rings. The summed E-state index contributed by atoms with van der Waals surface area (Å²) in [5, 5.41) is 7.85. The van der Waals surface area contributed by atoms with E-state index in [1.165, 1.54) is 7.11 Å². The fraction of sp³-hybridized carbons (Fsp3) is 0.333. The van der Waals surface area contributed by atoms with Crippen LogP contribution in [-0.4, -0.2) is 35.6 Å². The van der Waals surface area contributed by atoms with Crippen LogP contribution in [0.15, 0.2) is 12.3 Å². The molecule has 1 heterocycles. The Bertz CT molecular complexity index is 433. The van der Waals surface area contributed by atoms with Gasteiger partial charge in [0.1, 0.15) is 12.7 Å². The Balaban J connectivity index is 3.01. The summed E-state index contributed by atoms with van der Waals surface area (Å²) < 4.78 is 28.6. The minimum absolute atomic E-state index is 0.0749. The Labute approximate surface area is 106 Å². The molecule has 1 rings (SSSR count). The molecule has 0 aliphatic rings. The summed E-state index contributed by atoms with van der Waals surface area (Å²) in [6, 6.07) is 1.13. The van der Waals surface area contributed by atoms with Crippen molar-refractivity contribution in [1.82, 2.24) is 4.98 Å². The van der Waals surface area contributed by atoms with E-state index in [1.807, 2.05) is 0 Å². The summed E-state index contributed by atoms with van der Waals surface area (Å²) in [6.07, 6.45) is -1.60. The Morgan fingerprint density at radius 1 is 1.67 bits per heavy atom. The summed E-state index contributed by atoms with van der Waals surface area (Å²) in [6.45, 7) is -0.913. The topological polar surface area (TPSA) is 73.1 Å². The first-order valence-corrected chi connectivity index (χ1v) is 5.04. The standard InChI is InChI=1S/C9H9ClF2N2O4/c1-17-14(16)5-2-6(8(10)15)9(13-3-5)18-4-7(11)12/h2-3,7,16H,4H2,1H3/p+1. The third-order valence-corrected chi connectivity index (χ3v) is 2.05. The van der Waals surface area contributed by atoms with Crippen molar-refractivity contribution in [1.29, 1.82) is 0 Å². The van der Waals surface area contributed by atoms with Crippen LogP contribution in [0.25, 0.3) is 0 Å². The van der Waals surface area contributed by atoms with Crippen molar-refractivity contribution in [3.05, 3.63) is 17.8 Å². The molecule has 0 aliphatic heterocycles. The quantitative estimate of drug-likeness (QED) is 0.590. The van der Waals surface area contributed by atoms with Gasteiger partial charge in [0, 0.05) is 6.07 Å². The van der Waals surface area contributed by atoms with Gasteiger partial charge in [-0.15, -0.1) is 0 Å². The van der Waals surface area contributed by atoms with Gasteiger partial charge in [0.05, 0.1) is 6.20 Å². The Hall–Kier alpha value is -1.35. The predicted molar refractivity (Wildman–Crippen MR) is 55.3 cm³/mol.